The van der Waals surface area contributed by atoms with Crippen LogP contribution >= 0.6 is 0 Å². The molecule has 2 aliphatic heterocycles. The summed E-state index contributed by atoms with van der Waals surface area (Å²) in [4.78, 5) is 2.48. The van der Waals surface area contributed by atoms with Gasteiger partial charge in [-0.05, 0) is 33.9 Å². The third-order valence-corrected chi connectivity index (χ3v) is 4.22. The molecule has 0 aromatic rings. The van der Waals surface area contributed by atoms with Gasteiger partial charge in [-0.1, -0.05) is 0 Å². The van der Waals surface area contributed by atoms with Gasteiger partial charge in [0.2, 0.25) is 0 Å². The molecule has 0 saturated carbocycles. The monoisotopic (exact) mass is 242 g/mol. The Kier molecular flexibility index (Phi) is 4.42. The first-order valence-corrected chi connectivity index (χ1v) is 6.71. The van der Waals surface area contributed by atoms with Crippen molar-refractivity contribution in [2.45, 2.75) is 31.9 Å². The lowest BCUT2D eigenvalue weighted by Gasteiger charge is -2.36. The van der Waals surface area contributed by atoms with Gasteiger partial charge >= 0.3 is 0 Å². The van der Waals surface area contributed by atoms with Crippen LogP contribution < -0.4 is 5.32 Å². The SMILES string of the molecule is CNCC1(CN(C)C2CCOC2C)CCOC1. The van der Waals surface area contributed by atoms with Crippen LogP contribution in [0.5, 0.6) is 0 Å². The van der Waals surface area contributed by atoms with Gasteiger partial charge < -0.3 is 19.7 Å². The quantitative estimate of drug-likeness (QED) is 0.770. The number of nitrogens with zero attached hydrogens (tertiary/aromatic N) is 1. The van der Waals surface area contributed by atoms with Gasteiger partial charge in [0.25, 0.3) is 0 Å². The Morgan fingerprint density at radius 1 is 1.41 bits per heavy atom. The molecule has 1 N–H and O–H groups in total. The Balaban J connectivity index is 1.93. The third kappa shape index (κ3) is 2.99. The van der Waals surface area contributed by atoms with Crippen LogP contribution in [0.25, 0.3) is 0 Å². The first kappa shape index (κ1) is 13.3. The van der Waals surface area contributed by atoms with E-state index in [1.165, 1.54) is 6.42 Å². The summed E-state index contributed by atoms with van der Waals surface area (Å²) in [5.41, 5.74) is 0.297. The fourth-order valence-electron chi connectivity index (χ4n) is 3.29. The second-order valence-corrected chi connectivity index (χ2v) is 5.68. The van der Waals surface area contributed by atoms with E-state index in [2.05, 4.69) is 24.2 Å². The van der Waals surface area contributed by atoms with Gasteiger partial charge in [-0.2, -0.15) is 0 Å². The van der Waals surface area contributed by atoms with Crippen LogP contribution in [0.2, 0.25) is 0 Å². The van der Waals surface area contributed by atoms with E-state index in [0.717, 1.165) is 39.3 Å². The summed E-state index contributed by atoms with van der Waals surface area (Å²) in [5, 5.41) is 3.32. The van der Waals surface area contributed by atoms with Crippen molar-refractivity contribution in [3.05, 3.63) is 0 Å². The summed E-state index contributed by atoms with van der Waals surface area (Å²) in [6, 6.07) is 0.573. The highest BCUT2D eigenvalue weighted by atomic mass is 16.5. The molecular formula is C13H26N2O2. The van der Waals surface area contributed by atoms with Crippen molar-refractivity contribution in [1.82, 2.24) is 10.2 Å². The molecule has 4 nitrogen and oxygen atoms in total. The Labute approximate surface area is 105 Å². The molecule has 0 aromatic heterocycles. The van der Waals surface area contributed by atoms with Crippen LogP contribution in [0.15, 0.2) is 0 Å². The molecule has 3 unspecified atom stereocenters. The van der Waals surface area contributed by atoms with Crippen molar-refractivity contribution < 1.29 is 9.47 Å². The molecule has 0 amide bonds. The van der Waals surface area contributed by atoms with E-state index < -0.39 is 0 Å². The first-order valence-electron chi connectivity index (χ1n) is 6.71. The van der Waals surface area contributed by atoms with Gasteiger partial charge in [-0.15, -0.1) is 0 Å². The zero-order valence-corrected chi connectivity index (χ0v) is 11.4. The van der Waals surface area contributed by atoms with Crippen molar-refractivity contribution in [3.8, 4) is 0 Å². The van der Waals surface area contributed by atoms with Crippen LogP contribution in [-0.4, -0.2) is 64.1 Å². The van der Waals surface area contributed by atoms with Crippen LogP contribution in [0.1, 0.15) is 19.8 Å². The van der Waals surface area contributed by atoms with Gasteiger partial charge in [0.05, 0.1) is 12.7 Å². The summed E-state index contributed by atoms with van der Waals surface area (Å²) in [5.74, 6) is 0. The van der Waals surface area contributed by atoms with E-state index in [-0.39, 0.29) is 0 Å². The Morgan fingerprint density at radius 3 is 2.76 bits per heavy atom. The standard InChI is InChI=1S/C13H26N2O2/c1-11-12(4-6-17-11)15(3)9-13(8-14-2)5-7-16-10-13/h11-12,14H,4-10H2,1-3H3. The van der Waals surface area contributed by atoms with Gasteiger partial charge in [-0.25, -0.2) is 0 Å². The molecule has 0 bridgehead atoms. The minimum Gasteiger partial charge on any atom is -0.381 e. The van der Waals surface area contributed by atoms with Crippen molar-refractivity contribution in [1.29, 1.82) is 0 Å². The summed E-state index contributed by atoms with van der Waals surface area (Å²) >= 11 is 0. The van der Waals surface area contributed by atoms with Crippen LogP contribution in [-0.2, 0) is 9.47 Å². The number of rotatable bonds is 5. The minimum atomic E-state index is 0.297. The second-order valence-electron chi connectivity index (χ2n) is 5.68. The van der Waals surface area contributed by atoms with Crippen LogP contribution in [0.4, 0.5) is 0 Å². The molecule has 0 aliphatic carbocycles. The van der Waals surface area contributed by atoms with Gasteiger partial charge in [0.15, 0.2) is 0 Å². The fourth-order valence-corrected chi connectivity index (χ4v) is 3.29. The number of nitrogens with one attached hydrogen (secondary N) is 1. The number of ether oxygens (including phenoxy) is 2. The zero-order valence-electron chi connectivity index (χ0n) is 11.4. The topological polar surface area (TPSA) is 33.7 Å². The van der Waals surface area contributed by atoms with Crippen LogP contribution in [0.3, 0.4) is 0 Å². The van der Waals surface area contributed by atoms with Gasteiger partial charge in [0, 0.05) is 37.8 Å². The predicted molar refractivity (Wildman–Crippen MR) is 68.2 cm³/mol. The molecule has 2 rings (SSSR count). The number of hydrogen-bond donors (Lipinski definition) is 1. The average molecular weight is 242 g/mol. The molecule has 0 aromatic carbocycles. The maximum absolute atomic E-state index is 5.66. The fraction of sp³-hybridized carbons (Fsp3) is 1.00. The second kappa shape index (κ2) is 5.65. The largest absolute Gasteiger partial charge is 0.381 e. The molecule has 2 aliphatic rings. The Hall–Kier alpha value is -0.160. The molecule has 3 atom stereocenters. The Bertz CT molecular complexity index is 242. The Morgan fingerprint density at radius 2 is 2.24 bits per heavy atom. The van der Waals surface area contributed by atoms with Gasteiger partial charge in [0.1, 0.15) is 0 Å². The van der Waals surface area contributed by atoms with E-state index in [1.54, 1.807) is 0 Å². The first-order chi connectivity index (χ1) is 8.17. The normalized spacial score (nSPS) is 38.1. The molecule has 2 heterocycles. The summed E-state index contributed by atoms with van der Waals surface area (Å²) < 4.78 is 11.3. The lowest BCUT2D eigenvalue weighted by molar-refractivity contribution is 0.0574. The van der Waals surface area contributed by atoms with Crippen molar-refractivity contribution in [2.75, 3.05) is 47.0 Å². The van der Waals surface area contributed by atoms with Gasteiger partial charge in [-0.3, -0.25) is 0 Å². The lowest BCUT2D eigenvalue weighted by Crippen LogP contribution is -2.47. The highest BCUT2D eigenvalue weighted by Crippen LogP contribution is 2.31. The van der Waals surface area contributed by atoms with Crippen molar-refractivity contribution in [3.63, 3.8) is 0 Å². The zero-order chi connectivity index (χ0) is 12.3. The summed E-state index contributed by atoms with van der Waals surface area (Å²) in [6.07, 6.45) is 2.70. The smallest absolute Gasteiger partial charge is 0.0702 e. The van der Waals surface area contributed by atoms with Crippen molar-refractivity contribution in [2.24, 2.45) is 5.41 Å². The maximum atomic E-state index is 5.66. The summed E-state index contributed by atoms with van der Waals surface area (Å²) in [7, 11) is 4.26. The van der Waals surface area contributed by atoms with E-state index >= 15 is 0 Å². The van der Waals surface area contributed by atoms with Crippen LogP contribution in [0, 0.1) is 5.41 Å². The summed E-state index contributed by atoms with van der Waals surface area (Å²) in [6.45, 7) is 7.04. The number of likely N-dealkylation sites (N-methyl/N-ethyl adjacent to an activating group) is 1. The van der Waals surface area contributed by atoms with E-state index in [0.29, 0.717) is 17.6 Å². The lowest BCUT2D eigenvalue weighted by atomic mass is 9.86. The van der Waals surface area contributed by atoms with E-state index in [9.17, 15) is 0 Å². The highest BCUT2D eigenvalue weighted by Gasteiger charge is 2.38. The molecule has 0 radical (unpaired) electrons. The van der Waals surface area contributed by atoms with E-state index in [1.807, 2.05) is 7.05 Å². The molecule has 4 heteroatoms. The molecular weight excluding hydrogens is 216 g/mol. The maximum Gasteiger partial charge on any atom is 0.0702 e. The third-order valence-electron chi connectivity index (χ3n) is 4.22. The van der Waals surface area contributed by atoms with E-state index in [4.69, 9.17) is 9.47 Å². The molecule has 2 saturated heterocycles. The molecule has 100 valence electrons. The highest BCUT2D eigenvalue weighted by molar-refractivity contribution is 4.91. The molecule has 2 fully saturated rings. The minimum absolute atomic E-state index is 0.297. The molecule has 17 heavy (non-hydrogen) atoms. The number of hydrogen-bond acceptors (Lipinski definition) is 4. The van der Waals surface area contributed by atoms with Crippen molar-refractivity contribution >= 4 is 0 Å². The molecule has 0 spiro atoms. The average Bonchev–Trinajstić information content (AvgIpc) is 2.88. The predicted octanol–water partition coefficient (Wildman–Crippen LogP) is 0.722.